The summed E-state index contributed by atoms with van der Waals surface area (Å²) in [7, 11) is 0. The summed E-state index contributed by atoms with van der Waals surface area (Å²) in [5.41, 5.74) is 1.15. The molecule has 2 aliphatic heterocycles. The lowest BCUT2D eigenvalue weighted by Crippen LogP contribution is -2.35. The van der Waals surface area contributed by atoms with E-state index >= 15 is 0 Å². The summed E-state index contributed by atoms with van der Waals surface area (Å²) in [6.07, 6.45) is 8.14. The van der Waals surface area contributed by atoms with Crippen molar-refractivity contribution in [2.24, 2.45) is 11.8 Å². The maximum atomic E-state index is 11.3. The fourth-order valence-corrected chi connectivity index (χ4v) is 6.37. The fourth-order valence-electron chi connectivity index (χ4n) is 5.75. The molecule has 3 fully saturated rings. The van der Waals surface area contributed by atoms with Crippen molar-refractivity contribution in [3.63, 3.8) is 0 Å². The standard InChI is InChI=1S/C22H25IN8O3/c23-18-17-19(31(29-18)16-4-1-2-9-34-16)28-15(10-26-17)30-8-5-13-14(11-30)22(13,12-27-21(32)33)20-24-6-3-7-25-20/h3,6-7,10,13-14,16,27H,1-2,4-5,8-9,11-12H2,(H,32,33). The maximum Gasteiger partial charge on any atom is 0.404 e. The van der Waals surface area contributed by atoms with Gasteiger partial charge in [-0.3, -0.25) is 0 Å². The van der Waals surface area contributed by atoms with Crippen LogP contribution in [0.1, 0.15) is 37.7 Å². The average molecular weight is 576 g/mol. The van der Waals surface area contributed by atoms with Gasteiger partial charge < -0.3 is 20.1 Å². The number of carbonyl (C=O) groups is 1. The lowest BCUT2D eigenvalue weighted by atomic mass is 10.00. The normalized spacial score (nSPS) is 28.5. The number of fused-ring (bicyclic) bond motifs is 2. The summed E-state index contributed by atoms with van der Waals surface area (Å²) >= 11 is 2.20. The van der Waals surface area contributed by atoms with Crippen LogP contribution >= 0.6 is 22.6 Å². The van der Waals surface area contributed by atoms with Crippen LogP contribution in [0.3, 0.4) is 0 Å². The quantitative estimate of drug-likeness (QED) is 0.440. The van der Waals surface area contributed by atoms with E-state index in [1.165, 1.54) is 0 Å². The van der Waals surface area contributed by atoms with Crippen molar-refractivity contribution in [3.05, 3.63) is 34.2 Å². The molecule has 34 heavy (non-hydrogen) atoms. The number of piperidine rings is 1. The molecule has 4 atom stereocenters. The van der Waals surface area contributed by atoms with Gasteiger partial charge in [-0.15, -0.1) is 0 Å². The van der Waals surface area contributed by atoms with E-state index < -0.39 is 6.09 Å². The molecule has 1 amide bonds. The van der Waals surface area contributed by atoms with Gasteiger partial charge in [0.05, 0.1) is 11.6 Å². The number of hydrogen-bond acceptors (Lipinski definition) is 8. The molecule has 178 valence electrons. The SMILES string of the molecule is O=C(O)NCC1(c2ncccn2)C2CCN(c3cnc4c(I)nn(C5CCCCO5)c4n3)CC21. The first-order valence-electron chi connectivity index (χ1n) is 11.6. The number of hydrogen-bond donors (Lipinski definition) is 2. The third-order valence-corrected chi connectivity index (χ3v) is 8.17. The van der Waals surface area contributed by atoms with Crippen LogP contribution in [0, 0.1) is 15.5 Å². The first-order chi connectivity index (χ1) is 16.6. The third-order valence-electron chi connectivity index (χ3n) is 7.44. The average Bonchev–Trinajstić information content (AvgIpc) is 3.41. The Labute approximate surface area is 209 Å². The number of halogens is 1. The second-order valence-corrected chi connectivity index (χ2v) is 10.2. The molecule has 1 aliphatic carbocycles. The highest BCUT2D eigenvalue weighted by Gasteiger charge is 2.68. The molecule has 0 aromatic carbocycles. The van der Waals surface area contributed by atoms with E-state index in [9.17, 15) is 9.90 Å². The minimum Gasteiger partial charge on any atom is -0.465 e. The predicted molar refractivity (Wildman–Crippen MR) is 130 cm³/mol. The molecule has 0 radical (unpaired) electrons. The first-order valence-corrected chi connectivity index (χ1v) is 12.7. The van der Waals surface area contributed by atoms with Gasteiger partial charge in [-0.1, -0.05) is 0 Å². The lowest BCUT2D eigenvalue weighted by Gasteiger charge is -2.27. The monoisotopic (exact) mass is 576 g/mol. The summed E-state index contributed by atoms with van der Waals surface area (Å²) in [6, 6.07) is 1.78. The first kappa shape index (κ1) is 21.9. The molecule has 2 saturated heterocycles. The second kappa shape index (κ2) is 8.56. The number of ether oxygens (including phenoxy) is 1. The van der Waals surface area contributed by atoms with Gasteiger partial charge in [0.25, 0.3) is 0 Å². The summed E-state index contributed by atoms with van der Waals surface area (Å²) in [5.74, 6) is 2.08. The van der Waals surface area contributed by atoms with E-state index in [0.29, 0.717) is 18.3 Å². The van der Waals surface area contributed by atoms with Crippen molar-refractivity contribution in [2.75, 3.05) is 31.1 Å². The Bertz CT molecular complexity index is 1220. The van der Waals surface area contributed by atoms with E-state index in [-0.39, 0.29) is 17.6 Å². The van der Waals surface area contributed by atoms with E-state index in [1.807, 2.05) is 10.9 Å². The largest absolute Gasteiger partial charge is 0.465 e. The van der Waals surface area contributed by atoms with E-state index in [2.05, 4.69) is 47.9 Å². The second-order valence-electron chi connectivity index (χ2n) is 9.18. The van der Waals surface area contributed by atoms with Gasteiger partial charge in [-0.2, -0.15) is 5.10 Å². The van der Waals surface area contributed by atoms with Gasteiger partial charge >= 0.3 is 6.09 Å². The van der Waals surface area contributed by atoms with Crippen LogP contribution in [-0.2, 0) is 10.2 Å². The van der Waals surface area contributed by atoms with Crippen molar-refractivity contribution >= 4 is 45.7 Å². The molecule has 0 bridgehead atoms. The number of anilines is 1. The number of amides is 1. The number of aromatic nitrogens is 6. The van der Waals surface area contributed by atoms with Crippen LogP contribution in [0.25, 0.3) is 11.2 Å². The molecule has 4 unspecified atom stereocenters. The van der Waals surface area contributed by atoms with Crippen LogP contribution in [0.15, 0.2) is 24.7 Å². The minimum atomic E-state index is -1.03. The molecular formula is C22H25IN8O3. The number of rotatable bonds is 5. The summed E-state index contributed by atoms with van der Waals surface area (Å²) < 4.78 is 8.67. The number of nitrogens with one attached hydrogen (secondary N) is 1. The van der Waals surface area contributed by atoms with Crippen molar-refractivity contribution in [1.82, 2.24) is 35.0 Å². The number of carboxylic acid groups (broad SMARTS) is 1. The topological polar surface area (TPSA) is 131 Å². The minimum absolute atomic E-state index is 0.108. The molecular weight excluding hydrogens is 551 g/mol. The molecule has 1 saturated carbocycles. The Hall–Kier alpha value is -2.61. The molecule has 3 aliphatic rings. The molecule has 2 N–H and O–H groups in total. The van der Waals surface area contributed by atoms with Crippen molar-refractivity contribution in [1.29, 1.82) is 0 Å². The molecule has 5 heterocycles. The Balaban J connectivity index is 1.29. The van der Waals surface area contributed by atoms with Crippen LogP contribution in [0.4, 0.5) is 10.6 Å². The van der Waals surface area contributed by atoms with Crippen LogP contribution in [0.2, 0.25) is 0 Å². The smallest absolute Gasteiger partial charge is 0.404 e. The summed E-state index contributed by atoms with van der Waals surface area (Å²) in [6.45, 7) is 2.60. The van der Waals surface area contributed by atoms with Crippen molar-refractivity contribution < 1.29 is 14.6 Å². The van der Waals surface area contributed by atoms with Crippen molar-refractivity contribution in [3.8, 4) is 0 Å². The highest BCUT2D eigenvalue weighted by Crippen LogP contribution is 2.62. The van der Waals surface area contributed by atoms with Gasteiger partial charge in [0.2, 0.25) is 0 Å². The van der Waals surface area contributed by atoms with Crippen LogP contribution < -0.4 is 10.2 Å². The summed E-state index contributed by atoms with van der Waals surface area (Å²) in [4.78, 5) is 32.2. The maximum absolute atomic E-state index is 11.3. The molecule has 0 spiro atoms. The van der Waals surface area contributed by atoms with E-state index in [0.717, 1.165) is 66.1 Å². The van der Waals surface area contributed by atoms with Crippen LogP contribution in [0.5, 0.6) is 0 Å². The zero-order valence-electron chi connectivity index (χ0n) is 18.5. The zero-order chi connectivity index (χ0) is 23.3. The molecule has 6 rings (SSSR count). The molecule has 12 heteroatoms. The molecule has 11 nitrogen and oxygen atoms in total. The predicted octanol–water partition coefficient (Wildman–Crippen LogP) is 2.58. The van der Waals surface area contributed by atoms with Gasteiger partial charge in [-0.25, -0.2) is 29.4 Å². The Kier molecular flexibility index (Phi) is 5.51. The number of nitrogens with zero attached hydrogens (tertiary/aromatic N) is 7. The Morgan fingerprint density at radius 3 is 2.85 bits per heavy atom. The zero-order valence-corrected chi connectivity index (χ0v) is 20.6. The van der Waals surface area contributed by atoms with Gasteiger partial charge in [0, 0.05) is 38.6 Å². The third kappa shape index (κ3) is 3.58. The van der Waals surface area contributed by atoms with Crippen molar-refractivity contribution in [2.45, 2.75) is 37.3 Å². The fraction of sp³-hybridized carbons (Fsp3) is 0.545. The molecule has 3 aromatic rings. The van der Waals surface area contributed by atoms with Gasteiger partial charge in [-0.05, 0) is 66.2 Å². The highest BCUT2D eigenvalue weighted by atomic mass is 127. The Morgan fingerprint density at radius 2 is 2.09 bits per heavy atom. The molecule has 3 aromatic heterocycles. The van der Waals surface area contributed by atoms with Gasteiger partial charge in [0.15, 0.2) is 15.6 Å². The van der Waals surface area contributed by atoms with Crippen LogP contribution in [-0.4, -0.2) is 67.2 Å². The highest BCUT2D eigenvalue weighted by molar-refractivity contribution is 14.1. The summed E-state index contributed by atoms with van der Waals surface area (Å²) in [5, 5.41) is 16.5. The Morgan fingerprint density at radius 1 is 1.24 bits per heavy atom. The van der Waals surface area contributed by atoms with E-state index in [1.54, 1.807) is 18.5 Å². The van der Waals surface area contributed by atoms with Gasteiger partial charge in [0.1, 0.15) is 17.2 Å². The lowest BCUT2D eigenvalue weighted by molar-refractivity contribution is -0.0372. The van der Waals surface area contributed by atoms with E-state index in [4.69, 9.17) is 14.7 Å².